The molecule has 2 aromatic carbocycles. The van der Waals surface area contributed by atoms with Crippen molar-refractivity contribution in [3.8, 4) is 17.2 Å². The fourth-order valence-corrected chi connectivity index (χ4v) is 3.50. The van der Waals surface area contributed by atoms with Crippen LogP contribution in [0.15, 0.2) is 42.5 Å². The van der Waals surface area contributed by atoms with Gasteiger partial charge in [0.05, 0.1) is 14.2 Å². The molecule has 0 bridgehead atoms. The molecule has 1 aliphatic heterocycles. The highest BCUT2D eigenvalue weighted by Gasteiger charge is 2.26. The third kappa shape index (κ3) is 5.36. The number of amides is 2. The van der Waals surface area contributed by atoms with E-state index in [1.54, 1.807) is 47.4 Å². The molecule has 1 fully saturated rings. The molecular weight excluding hydrogens is 408 g/mol. The molecule has 2 aromatic rings. The number of methoxy groups -OCH3 is 2. The van der Waals surface area contributed by atoms with Crippen LogP contribution in [0.3, 0.4) is 0 Å². The average Bonchev–Trinajstić information content (AvgIpc) is 2.78. The number of ether oxygens (including phenoxy) is 3. The van der Waals surface area contributed by atoms with Crippen molar-refractivity contribution in [2.45, 2.75) is 18.9 Å². The maximum absolute atomic E-state index is 12.8. The van der Waals surface area contributed by atoms with Gasteiger partial charge in [0, 0.05) is 24.2 Å². The molecule has 0 atom stereocenters. The molecule has 7 nitrogen and oxygen atoms in total. The topological polar surface area (TPSA) is 77.1 Å². The van der Waals surface area contributed by atoms with Crippen LogP contribution in [0.4, 0.5) is 0 Å². The number of nitrogens with zero attached hydrogens (tertiary/aromatic N) is 1. The van der Waals surface area contributed by atoms with Gasteiger partial charge in [-0.1, -0.05) is 17.7 Å². The number of carbonyl (C=O) groups is 2. The van der Waals surface area contributed by atoms with E-state index in [0.717, 1.165) is 0 Å². The molecule has 0 radical (unpaired) electrons. The molecule has 0 saturated carbocycles. The van der Waals surface area contributed by atoms with Crippen LogP contribution in [-0.4, -0.2) is 56.7 Å². The molecular formula is C22H25ClN2O5. The van der Waals surface area contributed by atoms with Gasteiger partial charge in [-0.05, 0) is 49.2 Å². The van der Waals surface area contributed by atoms with Gasteiger partial charge in [-0.3, -0.25) is 9.59 Å². The highest BCUT2D eigenvalue weighted by Crippen LogP contribution is 2.28. The zero-order valence-corrected chi connectivity index (χ0v) is 17.8. The molecule has 160 valence electrons. The van der Waals surface area contributed by atoms with E-state index in [-0.39, 0.29) is 24.5 Å². The number of nitrogens with one attached hydrogen (secondary N) is 1. The van der Waals surface area contributed by atoms with Crippen LogP contribution in [0.2, 0.25) is 5.02 Å². The maximum atomic E-state index is 12.8. The van der Waals surface area contributed by atoms with Gasteiger partial charge >= 0.3 is 0 Å². The summed E-state index contributed by atoms with van der Waals surface area (Å²) in [6.45, 7) is 1.07. The third-order valence-corrected chi connectivity index (χ3v) is 5.27. The largest absolute Gasteiger partial charge is 0.496 e. The van der Waals surface area contributed by atoms with Gasteiger partial charge in [0.15, 0.2) is 6.61 Å². The molecule has 3 rings (SSSR count). The van der Waals surface area contributed by atoms with E-state index in [2.05, 4.69) is 5.32 Å². The summed E-state index contributed by atoms with van der Waals surface area (Å²) >= 11 is 5.84. The fourth-order valence-electron chi connectivity index (χ4n) is 3.37. The number of hydrogen-bond donors (Lipinski definition) is 1. The number of rotatable bonds is 7. The normalized spacial score (nSPS) is 14.2. The minimum Gasteiger partial charge on any atom is -0.496 e. The Hall–Kier alpha value is -2.93. The van der Waals surface area contributed by atoms with Gasteiger partial charge in [-0.2, -0.15) is 0 Å². The molecule has 1 N–H and O–H groups in total. The van der Waals surface area contributed by atoms with Crippen LogP contribution < -0.4 is 19.5 Å². The number of piperidine rings is 1. The Balaban J connectivity index is 1.50. The van der Waals surface area contributed by atoms with Crippen molar-refractivity contribution < 1.29 is 23.8 Å². The second-order valence-electron chi connectivity index (χ2n) is 6.91. The van der Waals surface area contributed by atoms with Gasteiger partial charge in [0.1, 0.15) is 22.8 Å². The van der Waals surface area contributed by atoms with Gasteiger partial charge < -0.3 is 24.4 Å². The molecule has 0 unspecified atom stereocenters. The van der Waals surface area contributed by atoms with Crippen LogP contribution in [-0.2, 0) is 4.79 Å². The van der Waals surface area contributed by atoms with E-state index in [1.807, 2.05) is 0 Å². The van der Waals surface area contributed by atoms with Gasteiger partial charge in [-0.25, -0.2) is 0 Å². The molecule has 0 spiro atoms. The van der Waals surface area contributed by atoms with E-state index in [9.17, 15) is 9.59 Å². The lowest BCUT2D eigenvalue weighted by Crippen LogP contribution is -2.47. The Kier molecular flexibility index (Phi) is 7.41. The van der Waals surface area contributed by atoms with E-state index in [4.69, 9.17) is 25.8 Å². The zero-order valence-electron chi connectivity index (χ0n) is 17.0. The number of likely N-dealkylation sites (tertiary alicyclic amines) is 1. The van der Waals surface area contributed by atoms with Crippen molar-refractivity contribution in [2.24, 2.45) is 0 Å². The summed E-state index contributed by atoms with van der Waals surface area (Å²) < 4.78 is 16.1. The molecule has 30 heavy (non-hydrogen) atoms. The van der Waals surface area contributed by atoms with Gasteiger partial charge in [-0.15, -0.1) is 0 Å². The minimum atomic E-state index is -0.250. The van der Waals surface area contributed by atoms with Crippen molar-refractivity contribution in [1.29, 1.82) is 0 Å². The standard InChI is InChI=1S/C22H25ClN2O5/c1-28-18-4-3-5-19(29-2)21(18)22(27)24-16-10-12-25(13-11-16)20(26)14-30-17-8-6-15(23)7-9-17/h3-9,16H,10-14H2,1-2H3,(H,24,27). The average molecular weight is 433 g/mol. The smallest absolute Gasteiger partial charge is 0.260 e. The molecule has 0 aliphatic carbocycles. The lowest BCUT2D eigenvalue weighted by molar-refractivity contribution is -0.134. The first-order valence-electron chi connectivity index (χ1n) is 9.69. The van der Waals surface area contributed by atoms with Crippen LogP contribution in [0.1, 0.15) is 23.2 Å². The summed E-state index contributed by atoms with van der Waals surface area (Å²) in [5, 5.41) is 3.64. The summed E-state index contributed by atoms with van der Waals surface area (Å²) in [5.74, 6) is 1.18. The monoisotopic (exact) mass is 432 g/mol. The van der Waals surface area contributed by atoms with E-state index in [0.29, 0.717) is 53.8 Å². The highest BCUT2D eigenvalue weighted by molar-refractivity contribution is 6.30. The first-order chi connectivity index (χ1) is 14.5. The summed E-state index contributed by atoms with van der Waals surface area (Å²) in [5.41, 5.74) is 0.373. The van der Waals surface area contributed by atoms with E-state index < -0.39 is 0 Å². The lowest BCUT2D eigenvalue weighted by atomic mass is 10.0. The van der Waals surface area contributed by atoms with Crippen molar-refractivity contribution in [2.75, 3.05) is 33.9 Å². The third-order valence-electron chi connectivity index (χ3n) is 5.01. The Morgan fingerprint density at radius 2 is 1.63 bits per heavy atom. The molecule has 8 heteroatoms. The molecule has 1 aliphatic rings. The van der Waals surface area contributed by atoms with Crippen molar-refractivity contribution in [1.82, 2.24) is 10.2 Å². The summed E-state index contributed by atoms with van der Waals surface area (Å²) in [6, 6.07) is 12.1. The second-order valence-corrected chi connectivity index (χ2v) is 7.35. The predicted octanol–water partition coefficient (Wildman–Crippen LogP) is 3.16. The number of benzene rings is 2. The molecule has 1 saturated heterocycles. The minimum absolute atomic E-state index is 0.0307. The molecule has 2 amide bonds. The van der Waals surface area contributed by atoms with Crippen LogP contribution in [0, 0.1) is 0 Å². The Morgan fingerprint density at radius 3 is 2.20 bits per heavy atom. The maximum Gasteiger partial charge on any atom is 0.260 e. The lowest BCUT2D eigenvalue weighted by Gasteiger charge is -2.32. The SMILES string of the molecule is COc1cccc(OC)c1C(=O)NC1CCN(C(=O)COc2ccc(Cl)cc2)CC1. The van der Waals surface area contributed by atoms with Gasteiger partial charge in [0.2, 0.25) is 0 Å². The first kappa shape index (κ1) is 21.8. The Bertz CT molecular complexity index is 857. The van der Waals surface area contributed by atoms with E-state index in [1.165, 1.54) is 14.2 Å². The number of hydrogen-bond acceptors (Lipinski definition) is 5. The van der Waals surface area contributed by atoms with Crippen LogP contribution >= 0.6 is 11.6 Å². The quantitative estimate of drug-likeness (QED) is 0.727. The van der Waals surface area contributed by atoms with Crippen molar-refractivity contribution in [3.05, 3.63) is 53.1 Å². The number of carbonyl (C=O) groups excluding carboxylic acids is 2. The zero-order chi connectivity index (χ0) is 21.5. The van der Waals surface area contributed by atoms with Crippen molar-refractivity contribution >= 4 is 23.4 Å². The van der Waals surface area contributed by atoms with Crippen LogP contribution in [0.5, 0.6) is 17.2 Å². The van der Waals surface area contributed by atoms with E-state index >= 15 is 0 Å². The van der Waals surface area contributed by atoms with Crippen molar-refractivity contribution in [3.63, 3.8) is 0 Å². The summed E-state index contributed by atoms with van der Waals surface area (Å²) in [4.78, 5) is 27.0. The molecule has 0 aromatic heterocycles. The Labute approximate surface area is 180 Å². The summed E-state index contributed by atoms with van der Waals surface area (Å²) in [7, 11) is 3.03. The van der Waals surface area contributed by atoms with Gasteiger partial charge in [0.25, 0.3) is 11.8 Å². The molecule has 1 heterocycles. The highest BCUT2D eigenvalue weighted by atomic mass is 35.5. The Morgan fingerprint density at radius 1 is 1.03 bits per heavy atom. The van der Waals surface area contributed by atoms with Crippen LogP contribution in [0.25, 0.3) is 0 Å². The first-order valence-corrected chi connectivity index (χ1v) is 10.1. The number of halogens is 1. The second kappa shape index (κ2) is 10.2. The summed E-state index contributed by atoms with van der Waals surface area (Å²) in [6.07, 6.45) is 1.33. The fraction of sp³-hybridized carbons (Fsp3) is 0.364. The predicted molar refractivity (Wildman–Crippen MR) is 114 cm³/mol.